The van der Waals surface area contributed by atoms with Crippen LogP contribution in [0.4, 0.5) is 0 Å². The van der Waals surface area contributed by atoms with E-state index < -0.39 is 0 Å². The van der Waals surface area contributed by atoms with Crippen LogP contribution in [-0.4, -0.2) is 44.2 Å². The van der Waals surface area contributed by atoms with Crippen LogP contribution in [0.1, 0.15) is 56.9 Å². The summed E-state index contributed by atoms with van der Waals surface area (Å²) in [6, 6.07) is 6.50. The van der Waals surface area contributed by atoms with Gasteiger partial charge in [-0.2, -0.15) is 0 Å². The predicted molar refractivity (Wildman–Crippen MR) is 107 cm³/mol. The molecule has 0 radical (unpaired) electrons. The zero-order valence-corrected chi connectivity index (χ0v) is 16.8. The lowest BCUT2D eigenvalue weighted by atomic mass is 9.94. The number of piperidine rings is 1. The van der Waals surface area contributed by atoms with E-state index in [9.17, 15) is 4.79 Å². The normalized spacial score (nSPS) is 20.1. The summed E-state index contributed by atoms with van der Waals surface area (Å²) in [4.78, 5) is 15.1. The van der Waals surface area contributed by atoms with Gasteiger partial charge in [-0.3, -0.25) is 9.69 Å². The van der Waals surface area contributed by atoms with Crippen molar-refractivity contribution in [3.63, 3.8) is 0 Å². The summed E-state index contributed by atoms with van der Waals surface area (Å²) in [7, 11) is 3.32. The highest BCUT2D eigenvalue weighted by molar-refractivity contribution is 5.79. The first-order valence-corrected chi connectivity index (χ1v) is 10.4. The maximum absolute atomic E-state index is 12.6. The third kappa shape index (κ3) is 5.61. The molecule has 1 aliphatic carbocycles. The lowest BCUT2D eigenvalue weighted by Crippen LogP contribution is -2.43. The van der Waals surface area contributed by atoms with Crippen LogP contribution in [0.25, 0.3) is 0 Å². The molecule has 5 heteroatoms. The average molecular weight is 375 g/mol. The van der Waals surface area contributed by atoms with Gasteiger partial charge in [0.15, 0.2) is 11.5 Å². The van der Waals surface area contributed by atoms with Gasteiger partial charge in [-0.1, -0.05) is 31.7 Å². The Balaban J connectivity index is 1.46. The Morgan fingerprint density at radius 3 is 2.30 bits per heavy atom. The first-order valence-electron chi connectivity index (χ1n) is 10.4. The van der Waals surface area contributed by atoms with Crippen LogP contribution in [0, 0.1) is 5.92 Å². The Kier molecular flexibility index (Phi) is 7.39. The van der Waals surface area contributed by atoms with E-state index in [1.165, 1.54) is 31.2 Å². The lowest BCUT2D eigenvalue weighted by molar-refractivity contribution is -0.127. The van der Waals surface area contributed by atoms with Crippen LogP contribution in [0.15, 0.2) is 18.2 Å². The van der Waals surface area contributed by atoms with Gasteiger partial charge >= 0.3 is 0 Å². The summed E-state index contributed by atoms with van der Waals surface area (Å²) < 4.78 is 10.7. The first-order chi connectivity index (χ1) is 13.2. The minimum Gasteiger partial charge on any atom is -0.493 e. The smallest absolute Gasteiger partial charge is 0.223 e. The fourth-order valence-electron chi connectivity index (χ4n) is 4.33. The molecule has 0 atom stereocenters. The summed E-state index contributed by atoms with van der Waals surface area (Å²) in [6.07, 6.45) is 9.37. The molecule has 0 unspecified atom stereocenters. The third-order valence-corrected chi connectivity index (χ3v) is 6.01. The number of hydrogen-bond acceptors (Lipinski definition) is 4. The number of benzene rings is 1. The number of hydrogen-bond donors (Lipinski definition) is 1. The van der Waals surface area contributed by atoms with Crippen LogP contribution >= 0.6 is 0 Å². The van der Waals surface area contributed by atoms with Crippen LogP contribution in [0.3, 0.4) is 0 Å². The Morgan fingerprint density at radius 2 is 1.67 bits per heavy atom. The van der Waals surface area contributed by atoms with Gasteiger partial charge in [0, 0.05) is 18.5 Å². The Morgan fingerprint density at radius 1 is 1.00 bits per heavy atom. The quantitative estimate of drug-likeness (QED) is 0.771. The summed E-state index contributed by atoms with van der Waals surface area (Å²) in [5.74, 6) is 1.99. The fraction of sp³-hybridized carbons (Fsp3) is 0.682. The molecule has 1 saturated heterocycles. The molecule has 1 aliphatic heterocycles. The Bertz CT molecular complexity index is 604. The third-order valence-electron chi connectivity index (χ3n) is 6.01. The first kappa shape index (κ1) is 20.0. The van der Waals surface area contributed by atoms with Crippen LogP contribution in [0.2, 0.25) is 0 Å². The molecule has 0 aromatic heterocycles. The molecule has 0 spiro atoms. The molecule has 1 amide bonds. The summed E-state index contributed by atoms with van der Waals surface area (Å²) in [5.41, 5.74) is 1.22. The molecule has 5 nitrogen and oxygen atoms in total. The number of methoxy groups -OCH3 is 2. The molecule has 3 rings (SSSR count). The number of nitrogens with one attached hydrogen (secondary N) is 1. The van der Waals surface area contributed by atoms with Gasteiger partial charge in [0.1, 0.15) is 0 Å². The number of carbonyl (C=O) groups excluding carboxylic acids is 1. The molecule has 0 bridgehead atoms. The number of likely N-dealkylation sites (tertiary alicyclic amines) is 1. The summed E-state index contributed by atoms with van der Waals surface area (Å²) in [5, 5.41) is 3.33. The SMILES string of the molecule is COc1ccc(CN2CCC(C(=O)NC3CCCCCC3)CC2)cc1OC. The monoisotopic (exact) mass is 374 g/mol. The molecule has 1 heterocycles. The topological polar surface area (TPSA) is 50.8 Å². The van der Waals surface area contributed by atoms with E-state index in [1.807, 2.05) is 12.1 Å². The molecule has 1 aromatic rings. The van der Waals surface area contributed by atoms with Crippen molar-refractivity contribution in [2.45, 2.75) is 64.0 Å². The number of rotatable bonds is 6. The molecule has 1 aromatic carbocycles. The zero-order valence-electron chi connectivity index (χ0n) is 16.8. The molecule has 27 heavy (non-hydrogen) atoms. The molecule has 2 fully saturated rings. The van der Waals surface area contributed by atoms with E-state index >= 15 is 0 Å². The number of ether oxygens (including phenoxy) is 2. The van der Waals surface area contributed by atoms with E-state index in [4.69, 9.17) is 9.47 Å². The second kappa shape index (κ2) is 9.98. The van der Waals surface area contributed by atoms with Crippen molar-refractivity contribution in [1.82, 2.24) is 10.2 Å². The van der Waals surface area contributed by atoms with E-state index in [2.05, 4.69) is 16.3 Å². The molecular weight excluding hydrogens is 340 g/mol. The minimum atomic E-state index is 0.176. The largest absolute Gasteiger partial charge is 0.493 e. The van der Waals surface area contributed by atoms with Crippen molar-refractivity contribution in [3.05, 3.63) is 23.8 Å². The predicted octanol–water partition coefficient (Wildman–Crippen LogP) is 3.75. The lowest BCUT2D eigenvalue weighted by Gasteiger charge is -2.32. The van der Waals surface area contributed by atoms with E-state index in [0.29, 0.717) is 6.04 Å². The van der Waals surface area contributed by atoms with Gasteiger partial charge in [-0.05, 0) is 56.5 Å². The number of carbonyl (C=O) groups is 1. The maximum Gasteiger partial charge on any atom is 0.223 e. The van der Waals surface area contributed by atoms with Gasteiger partial charge in [0.25, 0.3) is 0 Å². The van der Waals surface area contributed by atoms with Gasteiger partial charge in [-0.15, -0.1) is 0 Å². The second-order valence-corrected chi connectivity index (χ2v) is 7.94. The van der Waals surface area contributed by atoms with Gasteiger partial charge in [0.2, 0.25) is 5.91 Å². The highest BCUT2D eigenvalue weighted by atomic mass is 16.5. The van der Waals surface area contributed by atoms with E-state index in [0.717, 1.165) is 56.8 Å². The van der Waals surface area contributed by atoms with Crippen molar-refractivity contribution in [3.8, 4) is 11.5 Å². The van der Waals surface area contributed by atoms with Crippen molar-refractivity contribution < 1.29 is 14.3 Å². The minimum absolute atomic E-state index is 0.176. The van der Waals surface area contributed by atoms with Crippen molar-refractivity contribution in [2.75, 3.05) is 27.3 Å². The second-order valence-electron chi connectivity index (χ2n) is 7.94. The highest BCUT2D eigenvalue weighted by Crippen LogP contribution is 2.29. The van der Waals surface area contributed by atoms with Crippen molar-refractivity contribution in [1.29, 1.82) is 0 Å². The van der Waals surface area contributed by atoms with Crippen molar-refractivity contribution in [2.24, 2.45) is 5.92 Å². The molecule has 150 valence electrons. The summed E-state index contributed by atoms with van der Waals surface area (Å²) >= 11 is 0. The van der Waals surface area contributed by atoms with Gasteiger partial charge < -0.3 is 14.8 Å². The Hall–Kier alpha value is -1.75. The fourth-order valence-corrected chi connectivity index (χ4v) is 4.33. The number of nitrogens with zero attached hydrogens (tertiary/aromatic N) is 1. The molecular formula is C22H34N2O3. The van der Waals surface area contributed by atoms with Gasteiger partial charge in [0.05, 0.1) is 14.2 Å². The number of amides is 1. The van der Waals surface area contributed by atoms with E-state index in [1.54, 1.807) is 14.2 Å². The van der Waals surface area contributed by atoms with Crippen LogP contribution in [0.5, 0.6) is 11.5 Å². The van der Waals surface area contributed by atoms with Crippen LogP contribution in [-0.2, 0) is 11.3 Å². The average Bonchev–Trinajstić information content (AvgIpc) is 2.97. The molecule has 1 N–H and O–H groups in total. The zero-order chi connectivity index (χ0) is 19.1. The Labute approximate surface area is 163 Å². The van der Waals surface area contributed by atoms with Crippen molar-refractivity contribution >= 4 is 5.91 Å². The van der Waals surface area contributed by atoms with E-state index in [-0.39, 0.29) is 11.8 Å². The molecule has 1 saturated carbocycles. The van der Waals surface area contributed by atoms with Crippen LogP contribution < -0.4 is 14.8 Å². The molecule has 2 aliphatic rings. The standard InChI is InChI=1S/C22H34N2O3/c1-26-20-10-9-17(15-21(20)27-2)16-24-13-11-18(12-14-24)22(25)23-19-7-5-3-4-6-8-19/h9-10,15,18-19H,3-8,11-14,16H2,1-2H3,(H,23,25). The summed E-state index contributed by atoms with van der Waals surface area (Å²) in [6.45, 7) is 2.82. The highest BCUT2D eigenvalue weighted by Gasteiger charge is 2.26. The van der Waals surface area contributed by atoms with Gasteiger partial charge in [-0.25, -0.2) is 0 Å². The maximum atomic E-state index is 12.6.